The number of amides is 1. The van der Waals surface area contributed by atoms with Crippen molar-refractivity contribution in [2.75, 3.05) is 22.4 Å². The minimum absolute atomic E-state index is 0.152. The minimum Gasteiger partial charge on any atom is -0.324 e. The van der Waals surface area contributed by atoms with Crippen LogP contribution in [0, 0.1) is 6.92 Å². The zero-order valence-corrected chi connectivity index (χ0v) is 17.9. The second-order valence-corrected chi connectivity index (χ2v) is 9.36. The summed E-state index contributed by atoms with van der Waals surface area (Å²) in [5, 5.41) is 3.38. The molecule has 0 heterocycles. The van der Waals surface area contributed by atoms with Crippen LogP contribution in [0.5, 0.6) is 0 Å². The van der Waals surface area contributed by atoms with Crippen LogP contribution >= 0.6 is 23.2 Å². The van der Waals surface area contributed by atoms with E-state index in [1.54, 1.807) is 0 Å². The Hall–Kier alpha value is -1.76. The maximum atomic E-state index is 12.7. The Kier molecular flexibility index (Phi) is 6.78. The number of nitrogens with one attached hydrogen (secondary N) is 1. The van der Waals surface area contributed by atoms with E-state index in [9.17, 15) is 13.2 Å². The lowest BCUT2D eigenvalue weighted by Crippen LogP contribution is -2.37. The number of halogens is 2. The molecule has 1 amide bonds. The summed E-state index contributed by atoms with van der Waals surface area (Å²) in [7, 11) is -3.73. The number of para-hydroxylation sites is 1. The van der Waals surface area contributed by atoms with Crippen LogP contribution in [0.4, 0.5) is 11.4 Å². The number of benzene rings is 2. The van der Waals surface area contributed by atoms with E-state index in [0.717, 1.165) is 21.7 Å². The molecule has 0 fully saturated rings. The van der Waals surface area contributed by atoms with Crippen LogP contribution in [0.15, 0.2) is 36.4 Å². The fraction of sp³-hybridized carbons (Fsp3) is 0.316. The van der Waals surface area contributed by atoms with Gasteiger partial charge in [-0.2, -0.15) is 0 Å². The molecule has 2 aromatic carbocycles. The van der Waals surface area contributed by atoms with Crippen LogP contribution < -0.4 is 9.62 Å². The lowest BCUT2D eigenvalue weighted by atomic mass is 9.98. The summed E-state index contributed by atoms with van der Waals surface area (Å²) in [6.07, 6.45) is 1.03. The Bertz CT molecular complexity index is 959. The van der Waals surface area contributed by atoms with Crippen molar-refractivity contribution in [1.29, 1.82) is 0 Å². The zero-order valence-electron chi connectivity index (χ0n) is 15.6. The van der Waals surface area contributed by atoms with Gasteiger partial charge in [0.05, 0.1) is 17.0 Å². The van der Waals surface area contributed by atoms with Gasteiger partial charge < -0.3 is 5.32 Å². The number of hydrogen-bond donors (Lipinski definition) is 1. The van der Waals surface area contributed by atoms with Gasteiger partial charge in [0.15, 0.2) is 0 Å². The quantitative estimate of drug-likeness (QED) is 0.715. The maximum absolute atomic E-state index is 12.7. The molecule has 0 saturated heterocycles. The van der Waals surface area contributed by atoms with Crippen LogP contribution in [0.1, 0.15) is 30.9 Å². The van der Waals surface area contributed by atoms with Crippen molar-refractivity contribution in [3.05, 3.63) is 57.6 Å². The first-order valence-electron chi connectivity index (χ1n) is 8.33. The summed E-state index contributed by atoms with van der Waals surface area (Å²) in [5.41, 5.74) is 2.80. The minimum atomic E-state index is -3.73. The first-order valence-corrected chi connectivity index (χ1v) is 10.9. The molecule has 0 aromatic heterocycles. The van der Waals surface area contributed by atoms with Crippen LogP contribution in [-0.4, -0.2) is 27.1 Å². The SMILES string of the molecule is Cc1cccc(C(C)C)c1NC(=O)CN(c1ccc(Cl)cc1Cl)S(C)(=O)=O. The molecule has 0 spiro atoms. The second kappa shape index (κ2) is 8.50. The van der Waals surface area contributed by atoms with E-state index in [1.165, 1.54) is 18.2 Å². The van der Waals surface area contributed by atoms with Gasteiger partial charge in [0, 0.05) is 10.7 Å². The highest BCUT2D eigenvalue weighted by atomic mass is 35.5. The Morgan fingerprint density at radius 3 is 2.41 bits per heavy atom. The van der Waals surface area contributed by atoms with Gasteiger partial charge in [0.25, 0.3) is 0 Å². The number of rotatable bonds is 6. The van der Waals surface area contributed by atoms with Crippen LogP contribution in [0.25, 0.3) is 0 Å². The summed E-state index contributed by atoms with van der Waals surface area (Å²) < 4.78 is 25.5. The van der Waals surface area contributed by atoms with Crippen LogP contribution in [0.2, 0.25) is 10.0 Å². The predicted octanol–water partition coefficient (Wildman–Crippen LogP) is 4.83. The van der Waals surface area contributed by atoms with Gasteiger partial charge >= 0.3 is 0 Å². The molecule has 0 unspecified atom stereocenters. The highest BCUT2D eigenvalue weighted by Gasteiger charge is 2.24. The molecule has 2 aromatic rings. The smallest absolute Gasteiger partial charge is 0.245 e. The molecule has 27 heavy (non-hydrogen) atoms. The molecule has 0 aliphatic carbocycles. The van der Waals surface area contributed by atoms with Gasteiger partial charge in [-0.3, -0.25) is 9.10 Å². The summed E-state index contributed by atoms with van der Waals surface area (Å²) in [6, 6.07) is 10.2. The molecule has 0 atom stereocenters. The predicted molar refractivity (Wildman–Crippen MR) is 113 cm³/mol. The van der Waals surface area contributed by atoms with Crippen LogP contribution in [0.3, 0.4) is 0 Å². The Morgan fingerprint density at radius 1 is 1.19 bits per heavy atom. The molecule has 0 aliphatic heterocycles. The number of carbonyl (C=O) groups excluding carboxylic acids is 1. The van der Waals surface area contributed by atoms with Gasteiger partial charge in [-0.15, -0.1) is 0 Å². The molecule has 5 nitrogen and oxygen atoms in total. The molecular weight excluding hydrogens is 407 g/mol. The summed E-state index contributed by atoms with van der Waals surface area (Å²) in [5.74, 6) is -0.250. The first-order chi connectivity index (χ1) is 12.5. The third-order valence-corrected chi connectivity index (χ3v) is 5.72. The van der Waals surface area contributed by atoms with Crippen molar-refractivity contribution < 1.29 is 13.2 Å². The average molecular weight is 429 g/mol. The molecule has 0 aliphatic rings. The molecule has 2 rings (SSSR count). The highest BCUT2D eigenvalue weighted by Crippen LogP contribution is 2.31. The van der Waals surface area contributed by atoms with E-state index in [-0.39, 0.29) is 16.6 Å². The normalized spacial score (nSPS) is 11.5. The number of hydrogen-bond acceptors (Lipinski definition) is 3. The summed E-state index contributed by atoms with van der Waals surface area (Å²) >= 11 is 12.0. The third-order valence-electron chi connectivity index (χ3n) is 4.06. The topological polar surface area (TPSA) is 66.5 Å². The summed E-state index contributed by atoms with van der Waals surface area (Å²) in [4.78, 5) is 12.7. The third kappa shape index (κ3) is 5.37. The van der Waals surface area contributed by atoms with Gasteiger partial charge in [-0.25, -0.2) is 8.42 Å². The van der Waals surface area contributed by atoms with E-state index < -0.39 is 22.5 Å². The average Bonchev–Trinajstić information content (AvgIpc) is 2.54. The molecule has 146 valence electrons. The number of aryl methyl sites for hydroxylation is 1. The van der Waals surface area contributed by atoms with E-state index in [1.807, 2.05) is 39.0 Å². The van der Waals surface area contributed by atoms with E-state index in [0.29, 0.717) is 10.7 Å². The fourth-order valence-electron chi connectivity index (χ4n) is 2.72. The van der Waals surface area contributed by atoms with Gasteiger partial charge in [-0.05, 0) is 42.2 Å². The van der Waals surface area contributed by atoms with Gasteiger partial charge in [-0.1, -0.05) is 55.2 Å². The lowest BCUT2D eigenvalue weighted by molar-refractivity contribution is -0.114. The van der Waals surface area contributed by atoms with Gasteiger partial charge in [0.1, 0.15) is 6.54 Å². The molecule has 0 radical (unpaired) electrons. The Labute approximate surface area is 170 Å². The number of nitrogens with zero attached hydrogens (tertiary/aromatic N) is 1. The summed E-state index contributed by atoms with van der Waals surface area (Å²) in [6.45, 7) is 5.55. The standard InChI is InChI=1S/C19H22Cl2N2O3S/c1-12(2)15-7-5-6-13(3)19(15)22-18(24)11-23(27(4,25)26)17-9-8-14(20)10-16(17)21/h5-10,12H,11H2,1-4H3,(H,22,24). The van der Waals surface area contributed by atoms with Crippen molar-refractivity contribution in [3.8, 4) is 0 Å². The van der Waals surface area contributed by atoms with Crippen molar-refractivity contribution in [2.24, 2.45) is 0 Å². The zero-order chi connectivity index (χ0) is 20.4. The number of sulfonamides is 1. The lowest BCUT2D eigenvalue weighted by Gasteiger charge is -2.24. The first kappa shape index (κ1) is 21.5. The van der Waals surface area contributed by atoms with Crippen molar-refractivity contribution in [1.82, 2.24) is 0 Å². The largest absolute Gasteiger partial charge is 0.324 e. The second-order valence-electron chi connectivity index (χ2n) is 6.61. The van der Waals surface area contributed by atoms with E-state index >= 15 is 0 Å². The molecule has 8 heteroatoms. The van der Waals surface area contributed by atoms with Crippen molar-refractivity contribution in [2.45, 2.75) is 26.7 Å². The Balaban J connectivity index is 2.34. The highest BCUT2D eigenvalue weighted by molar-refractivity contribution is 7.92. The Morgan fingerprint density at radius 2 is 1.85 bits per heavy atom. The van der Waals surface area contributed by atoms with Crippen LogP contribution in [-0.2, 0) is 14.8 Å². The number of carbonyl (C=O) groups is 1. The maximum Gasteiger partial charge on any atom is 0.245 e. The van der Waals surface area contributed by atoms with Gasteiger partial charge in [0.2, 0.25) is 15.9 Å². The van der Waals surface area contributed by atoms with Crippen molar-refractivity contribution >= 4 is 50.5 Å². The van der Waals surface area contributed by atoms with E-state index in [4.69, 9.17) is 23.2 Å². The fourth-order valence-corrected chi connectivity index (χ4v) is 4.15. The monoisotopic (exact) mass is 428 g/mol. The molecule has 0 saturated carbocycles. The van der Waals surface area contributed by atoms with Crippen molar-refractivity contribution in [3.63, 3.8) is 0 Å². The number of anilines is 2. The van der Waals surface area contributed by atoms with E-state index in [2.05, 4.69) is 5.32 Å². The molecule has 1 N–H and O–H groups in total. The molecule has 0 bridgehead atoms. The molecular formula is C19H22Cl2N2O3S.